The summed E-state index contributed by atoms with van der Waals surface area (Å²) in [4.78, 5) is 16.5. The van der Waals surface area contributed by atoms with Crippen LogP contribution in [0.1, 0.15) is 31.0 Å². The monoisotopic (exact) mass is 341 g/mol. The van der Waals surface area contributed by atoms with E-state index in [1.807, 2.05) is 44.2 Å². The van der Waals surface area contributed by atoms with Crippen molar-refractivity contribution in [1.82, 2.24) is 10.3 Å². The van der Waals surface area contributed by atoms with E-state index in [2.05, 4.69) is 20.9 Å². The molecule has 1 aromatic heterocycles. The molecule has 132 valence electrons. The van der Waals surface area contributed by atoms with E-state index in [-0.39, 0.29) is 12.1 Å². The molecule has 2 aromatic rings. The van der Waals surface area contributed by atoms with Crippen LogP contribution in [-0.4, -0.2) is 30.9 Å². The highest BCUT2D eigenvalue weighted by Crippen LogP contribution is 2.28. The summed E-state index contributed by atoms with van der Waals surface area (Å²) in [5, 5.41) is 16.2. The fourth-order valence-electron chi connectivity index (χ4n) is 2.39. The minimum atomic E-state index is -0.377. The van der Waals surface area contributed by atoms with Crippen LogP contribution in [0.5, 0.6) is 5.88 Å². The Labute approximate surface area is 147 Å². The van der Waals surface area contributed by atoms with Gasteiger partial charge in [-0.1, -0.05) is 30.3 Å². The summed E-state index contributed by atoms with van der Waals surface area (Å²) in [7, 11) is 1.50. The van der Waals surface area contributed by atoms with Crippen LogP contribution in [0.3, 0.4) is 0 Å². The molecule has 0 unspecified atom stereocenters. The number of anilines is 2. The Morgan fingerprint density at radius 1 is 1.36 bits per heavy atom. The number of nitrogens with zero attached hydrogens (tertiary/aromatic N) is 1. The van der Waals surface area contributed by atoms with E-state index in [0.29, 0.717) is 29.5 Å². The fourth-order valence-corrected chi connectivity index (χ4v) is 2.39. The van der Waals surface area contributed by atoms with E-state index in [9.17, 15) is 4.79 Å². The van der Waals surface area contributed by atoms with Crippen LogP contribution in [0.25, 0.3) is 0 Å². The van der Waals surface area contributed by atoms with Gasteiger partial charge in [0, 0.05) is 18.3 Å². The summed E-state index contributed by atoms with van der Waals surface area (Å²) in [5.41, 5.74) is 2.22. The van der Waals surface area contributed by atoms with Crippen molar-refractivity contribution in [2.75, 3.05) is 24.3 Å². The van der Waals surface area contributed by atoms with Crippen molar-refractivity contribution in [3.05, 3.63) is 47.5 Å². The molecule has 1 heterocycles. The Hall–Kier alpha value is -3.09. The number of carbonyl (C=O) groups is 1. The lowest BCUT2D eigenvalue weighted by Crippen LogP contribution is -2.31. The summed E-state index contributed by atoms with van der Waals surface area (Å²) in [6.07, 6.45) is 1.19. The Morgan fingerprint density at radius 3 is 2.68 bits per heavy atom. The van der Waals surface area contributed by atoms with Gasteiger partial charge in [0.2, 0.25) is 5.88 Å². The normalized spacial score (nSPS) is 11.3. The minimum absolute atomic E-state index is 0.147. The topological polar surface area (TPSA) is 99.1 Å². The first kappa shape index (κ1) is 18.3. The van der Waals surface area contributed by atoms with Crippen LogP contribution in [0.2, 0.25) is 0 Å². The van der Waals surface area contributed by atoms with Crippen LogP contribution in [-0.2, 0) is 0 Å². The van der Waals surface area contributed by atoms with E-state index in [1.165, 1.54) is 13.3 Å². The molecule has 0 aliphatic rings. The largest absolute Gasteiger partial charge is 0.479 e. The van der Waals surface area contributed by atoms with E-state index < -0.39 is 0 Å². The van der Waals surface area contributed by atoms with Crippen molar-refractivity contribution in [3.63, 3.8) is 0 Å². The van der Waals surface area contributed by atoms with Crippen molar-refractivity contribution in [3.8, 4) is 5.88 Å². The third-order valence-electron chi connectivity index (χ3n) is 3.61. The number of hydrogen-bond acceptors (Lipinski definition) is 5. The molecule has 0 saturated heterocycles. The Kier molecular flexibility index (Phi) is 6.33. The lowest BCUT2D eigenvalue weighted by molar-refractivity contribution is 0.249. The second-order valence-electron chi connectivity index (χ2n) is 5.39. The first-order valence-corrected chi connectivity index (χ1v) is 8.04. The van der Waals surface area contributed by atoms with Crippen molar-refractivity contribution < 1.29 is 9.53 Å². The van der Waals surface area contributed by atoms with Crippen molar-refractivity contribution >= 4 is 23.8 Å². The zero-order chi connectivity index (χ0) is 18.2. The van der Waals surface area contributed by atoms with Gasteiger partial charge < -0.3 is 20.8 Å². The number of urea groups is 1. The van der Waals surface area contributed by atoms with Crippen molar-refractivity contribution in [2.45, 2.75) is 19.9 Å². The van der Waals surface area contributed by atoms with Gasteiger partial charge in [0.05, 0.1) is 13.2 Å². The molecule has 0 aliphatic heterocycles. The standard InChI is InChI=1S/C18H23N5O2/c1-4-20-16-14(11-19)10-15(22-17(16)25-3)23-18(24)21-12(2)13-8-6-5-7-9-13/h5-12,19-20H,4H2,1-3H3,(H2,21,22,23,24)/t12-/m1/s1. The average Bonchev–Trinajstić information content (AvgIpc) is 2.63. The predicted molar refractivity (Wildman–Crippen MR) is 99.8 cm³/mol. The summed E-state index contributed by atoms with van der Waals surface area (Å²) in [5.74, 6) is 0.643. The van der Waals surface area contributed by atoms with Crippen molar-refractivity contribution in [1.29, 1.82) is 5.41 Å². The molecule has 0 aliphatic carbocycles. The lowest BCUT2D eigenvalue weighted by Gasteiger charge is -2.16. The van der Waals surface area contributed by atoms with Gasteiger partial charge in [-0.15, -0.1) is 0 Å². The minimum Gasteiger partial charge on any atom is -0.479 e. The molecule has 1 atom stereocenters. The number of nitrogens with one attached hydrogen (secondary N) is 4. The predicted octanol–water partition coefficient (Wildman–Crippen LogP) is 3.40. The van der Waals surface area contributed by atoms with Crippen molar-refractivity contribution in [2.24, 2.45) is 0 Å². The second-order valence-corrected chi connectivity index (χ2v) is 5.39. The summed E-state index contributed by atoms with van der Waals surface area (Å²) < 4.78 is 5.26. The maximum absolute atomic E-state index is 12.2. The maximum atomic E-state index is 12.2. The number of aromatic nitrogens is 1. The number of pyridine rings is 1. The second kappa shape index (κ2) is 8.68. The molecule has 0 radical (unpaired) electrons. The van der Waals surface area contributed by atoms with Crippen LogP contribution in [0.4, 0.5) is 16.3 Å². The molecule has 0 bridgehead atoms. The Bertz CT molecular complexity index is 734. The van der Waals surface area contributed by atoms with Gasteiger partial charge in [0.1, 0.15) is 11.5 Å². The molecular weight excluding hydrogens is 318 g/mol. The molecule has 7 nitrogen and oxygen atoms in total. The highest BCUT2D eigenvalue weighted by Gasteiger charge is 2.14. The molecule has 0 spiro atoms. The van der Waals surface area contributed by atoms with Crippen LogP contribution >= 0.6 is 0 Å². The third kappa shape index (κ3) is 4.69. The highest BCUT2D eigenvalue weighted by molar-refractivity contribution is 5.93. The number of ether oxygens (including phenoxy) is 1. The van der Waals surface area contributed by atoms with E-state index in [0.717, 1.165) is 5.56 Å². The lowest BCUT2D eigenvalue weighted by atomic mass is 10.1. The molecule has 7 heteroatoms. The quantitative estimate of drug-likeness (QED) is 0.580. The molecule has 0 saturated carbocycles. The van der Waals surface area contributed by atoms with Gasteiger partial charge in [0.15, 0.2) is 0 Å². The number of benzene rings is 1. The Balaban J connectivity index is 2.13. The van der Waals surface area contributed by atoms with E-state index >= 15 is 0 Å². The number of amides is 2. The summed E-state index contributed by atoms with van der Waals surface area (Å²) in [6.45, 7) is 4.51. The third-order valence-corrected chi connectivity index (χ3v) is 3.61. The molecule has 1 aromatic carbocycles. The van der Waals surface area contributed by atoms with Gasteiger partial charge in [-0.3, -0.25) is 5.32 Å². The molecule has 2 rings (SSSR count). The van der Waals surface area contributed by atoms with Crippen LogP contribution < -0.4 is 20.7 Å². The van der Waals surface area contributed by atoms with Gasteiger partial charge in [-0.2, -0.15) is 4.98 Å². The first-order valence-electron chi connectivity index (χ1n) is 8.04. The zero-order valence-electron chi connectivity index (χ0n) is 14.6. The summed E-state index contributed by atoms with van der Waals surface area (Å²) >= 11 is 0. The maximum Gasteiger partial charge on any atom is 0.320 e. The first-order chi connectivity index (χ1) is 12.1. The van der Waals surface area contributed by atoms with E-state index in [1.54, 1.807) is 6.07 Å². The summed E-state index contributed by atoms with van der Waals surface area (Å²) in [6, 6.07) is 10.8. The average molecular weight is 341 g/mol. The fraction of sp³-hybridized carbons (Fsp3) is 0.278. The van der Waals surface area contributed by atoms with E-state index in [4.69, 9.17) is 10.1 Å². The Morgan fingerprint density at radius 2 is 2.08 bits per heavy atom. The molecular formula is C18H23N5O2. The zero-order valence-corrected chi connectivity index (χ0v) is 14.6. The van der Waals surface area contributed by atoms with Crippen LogP contribution in [0, 0.1) is 5.41 Å². The van der Waals surface area contributed by atoms with Gasteiger partial charge in [-0.25, -0.2) is 4.79 Å². The molecule has 2 amide bonds. The van der Waals surface area contributed by atoms with Gasteiger partial charge >= 0.3 is 6.03 Å². The smallest absolute Gasteiger partial charge is 0.320 e. The molecule has 4 N–H and O–H groups in total. The van der Waals surface area contributed by atoms with Crippen LogP contribution in [0.15, 0.2) is 36.4 Å². The number of methoxy groups -OCH3 is 1. The van der Waals surface area contributed by atoms with Gasteiger partial charge in [-0.05, 0) is 25.5 Å². The molecule has 0 fully saturated rings. The van der Waals surface area contributed by atoms with Gasteiger partial charge in [0.25, 0.3) is 0 Å². The SMILES string of the molecule is CCNc1c(C=N)cc(NC(=O)N[C@H](C)c2ccccc2)nc1OC. The number of carbonyl (C=O) groups excluding carboxylic acids is 1. The number of hydrogen-bond donors (Lipinski definition) is 4. The molecule has 25 heavy (non-hydrogen) atoms. The highest BCUT2D eigenvalue weighted by atomic mass is 16.5. The number of rotatable bonds is 7.